The summed E-state index contributed by atoms with van der Waals surface area (Å²) in [5.74, 6) is -0.345. The van der Waals surface area contributed by atoms with Crippen molar-refractivity contribution >= 4 is 6.47 Å². The summed E-state index contributed by atoms with van der Waals surface area (Å²) >= 11 is 0. The number of aliphatic hydroxyl groups is 2. The first kappa shape index (κ1) is 18.6. The van der Waals surface area contributed by atoms with Gasteiger partial charge in [0.15, 0.2) is 0 Å². The van der Waals surface area contributed by atoms with Crippen molar-refractivity contribution in [2.75, 3.05) is 20.8 Å². The van der Waals surface area contributed by atoms with Crippen molar-refractivity contribution in [1.82, 2.24) is 0 Å². The van der Waals surface area contributed by atoms with E-state index in [0.29, 0.717) is 0 Å². The Balaban J connectivity index is 0.00000110. The van der Waals surface area contributed by atoms with E-state index in [1.54, 1.807) is 14.2 Å². The minimum absolute atomic E-state index is 0.186. The molecule has 0 saturated carbocycles. The summed E-state index contributed by atoms with van der Waals surface area (Å²) in [4.78, 5) is 10.2. The van der Waals surface area contributed by atoms with Crippen molar-refractivity contribution in [1.29, 1.82) is 0 Å². The van der Waals surface area contributed by atoms with Gasteiger partial charge >= 0.3 is 0 Å². The molecule has 0 radical (unpaired) electrons. The Morgan fingerprint density at radius 3 is 2.10 bits per heavy atom. The van der Waals surface area contributed by atoms with E-state index in [1.807, 2.05) is 38.1 Å². The lowest BCUT2D eigenvalue weighted by molar-refractivity contribution is -0.157. The molecule has 5 nitrogen and oxygen atoms in total. The molecule has 0 saturated heterocycles. The Bertz CT molecular complexity index is 378. The van der Waals surface area contributed by atoms with Crippen LogP contribution in [-0.2, 0) is 14.3 Å². The van der Waals surface area contributed by atoms with Crippen molar-refractivity contribution in [3.8, 4) is 0 Å². The molecule has 0 heterocycles. The van der Waals surface area contributed by atoms with Crippen molar-refractivity contribution in [2.45, 2.75) is 32.0 Å². The van der Waals surface area contributed by atoms with Crippen LogP contribution in [0.15, 0.2) is 24.3 Å². The van der Waals surface area contributed by atoms with Gasteiger partial charge in [0.25, 0.3) is 6.47 Å². The highest BCUT2D eigenvalue weighted by Crippen LogP contribution is 2.28. The van der Waals surface area contributed by atoms with Crippen LogP contribution in [0.4, 0.5) is 0 Å². The first-order valence-corrected chi connectivity index (χ1v) is 6.40. The zero-order valence-corrected chi connectivity index (χ0v) is 12.4. The highest BCUT2D eigenvalue weighted by atomic mass is 16.6. The summed E-state index contributed by atoms with van der Waals surface area (Å²) in [6, 6.07) is 7.50. The van der Waals surface area contributed by atoms with Crippen LogP contribution in [0.2, 0.25) is 0 Å². The number of benzene rings is 1. The van der Waals surface area contributed by atoms with Crippen LogP contribution in [-0.4, -0.2) is 43.8 Å². The highest BCUT2D eigenvalue weighted by molar-refractivity contribution is 5.38. The molecule has 1 aromatic carbocycles. The van der Waals surface area contributed by atoms with E-state index in [9.17, 15) is 15.0 Å². The maximum Gasteiger partial charge on any atom is 0.295 e. The van der Waals surface area contributed by atoms with Crippen LogP contribution in [0.25, 0.3) is 0 Å². The molecule has 1 rings (SSSR count). The summed E-state index contributed by atoms with van der Waals surface area (Å²) in [6.07, 6.45) is -1.32. The van der Waals surface area contributed by atoms with Crippen molar-refractivity contribution in [3.05, 3.63) is 35.4 Å². The Hall–Kier alpha value is -1.43. The number of carbonyl (C=O) groups is 1. The SMILES string of the molecule is CC(C)c1ccccc1C(CO)C(O)OC=O.COC. The van der Waals surface area contributed by atoms with Crippen LogP contribution in [0.3, 0.4) is 0 Å². The predicted octanol–water partition coefficient (Wildman–Crippen LogP) is 1.64. The molecular weight excluding hydrogens is 260 g/mol. The number of hydrogen-bond acceptors (Lipinski definition) is 5. The number of rotatable bonds is 6. The molecule has 0 aromatic heterocycles. The fraction of sp³-hybridized carbons (Fsp3) is 0.533. The van der Waals surface area contributed by atoms with Gasteiger partial charge in [0.05, 0.1) is 12.5 Å². The summed E-state index contributed by atoms with van der Waals surface area (Å²) in [7, 11) is 3.25. The monoisotopic (exact) mass is 284 g/mol. The number of methoxy groups -OCH3 is 1. The third kappa shape index (κ3) is 5.69. The average Bonchev–Trinajstić information content (AvgIpc) is 2.41. The maximum absolute atomic E-state index is 10.2. The Labute approximate surface area is 120 Å². The van der Waals surface area contributed by atoms with E-state index in [1.165, 1.54) is 0 Å². The number of aliphatic hydroxyl groups excluding tert-OH is 2. The van der Waals surface area contributed by atoms with Gasteiger partial charge in [-0.25, -0.2) is 0 Å². The van der Waals surface area contributed by atoms with Crippen molar-refractivity contribution in [2.24, 2.45) is 0 Å². The van der Waals surface area contributed by atoms with Gasteiger partial charge in [-0.2, -0.15) is 0 Å². The van der Waals surface area contributed by atoms with E-state index in [-0.39, 0.29) is 19.0 Å². The van der Waals surface area contributed by atoms with Gasteiger partial charge in [0.2, 0.25) is 6.29 Å². The van der Waals surface area contributed by atoms with Gasteiger partial charge in [0, 0.05) is 14.2 Å². The molecular formula is C15H24O5. The normalized spacial score (nSPS) is 13.2. The Kier molecular flexibility index (Phi) is 9.63. The molecule has 2 atom stereocenters. The molecule has 20 heavy (non-hydrogen) atoms. The predicted molar refractivity (Wildman–Crippen MR) is 76.4 cm³/mol. The maximum atomic E-state index is 10.2. The third-order valence-electron chi connectivity index (χ3n) is 2.75. The standard InChI is InChI=1S/C13H18O4.C2H6O/c1-9(2)10-5-3-4-6-11(10)12(7-14)13(16)17-8-15;1-3-2/h3-6,8-9,12-14,16H,7H2,1-2H3;1-2H3. The minimum atomic E-state index is -1.32. The lowest BCUT2D eigenvalue weighted by Crippen LogP contribution is -2.25. The molecule has 0 aliphatic rings. The molecule has 114 valence electrons. The average molecular weight is 284 g/mol. The van der Waals surface area contributed by atoms with Gasteiger partial charge in [-0.3, -0.25) is 4.79 Å². The van der Waals surface area contributed by atoms with E-state index in [4.69, 9.17) is 0 Å². The summed E-state index contributed by atoms with van der Waals surface area (Å²) in [6.45, 7) is 3.96. The Morgan fingerprint density at radius 2 is 1.70 bits per heavy atom. The van der Waals surface area contributed by atoms with Gasteiger partial charge in [-0.1, -0.05) is 38.1 Å². The second-order valence-electron chi connectivity index (χ2n) is 4.60. The van der Waals surface area contributed by atoms with E-state index in [0.717, 1.165) is 11.1 Å². The first-order valence-electron chi connectivity index (χ1n) is 6.40. The number of hydrogen-bond donors (Lipinski definition) is 2. The topological polar surface area (TPSA) is 76.0 Å². The molecule has 0 fully saturated rings. The van der Waals surface area contributed by atoms with E-state index < -0.39 is 12.2 Å². The third-order valence-corrected chi connectivity index (χ3v) is 2.75. The molecule has 2 N–H and O–H groups in total. The zero-order valence-electron chi connectivity index (χ0n) is 12.4. The molecule has 5 heteroatoms. The van der Waals surface area contributed by atoms with Crippen LogP contribution in [0.1, 0.15) is 36.8 Å². The molecule has 2 unspecified atom stereocenters. The molecule has 0 aliphatic heterocycles. The quantitative estimate of drug-likeness (QED) is 0.613. The van der Waals surface area contributed by atoms with Gasteiger partial charge in [0.1, 0.15) is 0 Å². The first-order chi connectivity index (χ1) is 9.53. The molecule has 0 spiro atoms. The smallest absolute Gasteiger partial charge is 0.295 e. The Morgan fingerprint density at radius 1 is 1.20 bits per heavy atom. The second kappa shape index (κ2) is 10.4. The van der Waals surface area contributed by atoms with Gasteiger partial charge in [-0.15, -0.1) is 0 Å². The highest BCUT2D eigenvalue weighted by Gasteiger charge is 2.24. The molecule has 0 amide bonds. The fourth-order valence-electron chi connectivity index (χ4n) is 1.87. The van der Waals surface area contributed by atoms with Crippen LogP contribution in [0.5, 0.6) is 0 Å². The summed E-state index contributed by atoms with van der Waals surface area (Å²) in [5.41, 5.74) is 1.83. The summed E-state index contributed by atoms with van der Waals surface area (Å²) in [5, 5.41) is 19.0. The lowest BCUT2D eigenvalue weighted by Gasteiger charge is -2.23. The summed E-state index contributed by atoms with van der Waals surface area (Å²) < 4.78 is 8.75. The second-order valence-corrected chi connectivity index (χ2v) is 4.60. The number of ether oxygens (including phenoxy) is 2. The lowest BCUT2D eigenvalue weighted by atomic mass is 9.89. The molecule has 0 bridgehead atoms. The van der Waals surface area contributed by atoms with Gasteiger partial charge in [-0.05, 0) is 17.0 Å². The largest absolute Gasteiger partial charge is 0.437 e. The molecule has 1 aromatic rings. The zero-order chi connectivity index (χ0) is 15.5. The minimum Gasteiger partial charge on any atom is -0.437 e. The van der Waals surface area contributed by atoms with Crippen LogP contribution in [0, 0.1) is 0 Å². The molecule has 0 aliphatic carbocycles. The van der Waals surface area contributed by atoms with Crippen LogP contribution < -0.4 is 0 Å². The van der Waals surface area contributed by atoms with Gasteiger partial charge < -0.3 is 19.7 Å². The van der Waals surface area contributed by atoms with Crippen LogP contribution >= 0.6 is 0 Å². The van der Waals surface area contributed by atoms with Crippen molar-refractivity contribution < 1.29 is 24.5 Å². The fourth-order valence-corrected chi connectivity index (χ4v) is 1.87. The van der Waals surface area contributed by atoms with E-state index in [2.05, 4.69) is 9.47 Å². The number of carbonyl (C=O) groups excluding carboxylic acids is 1. The van der Waals surface area contributed by atoms with Crippen molar-refractivity contribution in [3.63, 3.8) is 0 Å². The van der Waals surface area contributed by atoms with E-state index >= 15 is 0 Å².